The average Bonchev–Trinajstić information content (AvgIpc) is 2.79. The van der Waals surface area contributed by atoms with Crippen molar-refractivity contribution >= 4 is 17.7 Å². The average molecular weight is 470 g/mol. The molecule has 0 aromatic heterocycles. The van der Waals surface area contributed by atoms with Gasteiger partial charge in [0.05, 0.1) is 12.4 Å². The lowest BCUT2D eigenvalue weighted by Crippen LogP contribution is -2.46. The number of unbranched alkanes of at least 4 members (excludes halogenated alkanes) is 10. The molecule has 1 aliphatic heterocycles. The van der Waals surface area contributed by atoms with Crippen molar-refractivity contribution in [1.82, 2.24) is 4.90 Å². The molecule has 0 aromatic carbocycles. The summed E-state index contributed by atoms with van der Waals surface area (Å²) in [6.07, 6.45) is 21.5. The lowest BCUT2D eigenvalue weighted by Gasteiger charge is -2.41. The van der Waals surface area contributed by atoms with E-state index in [1.807, 2.05) is 18.7 Å². The predicted octanol–water partition coefficient (Wildman–Crippen LogP) is 8.25. The molecule has 0 amide bonds. The number of piperidine rings is 1. The summed E-state index contributed by atoms with van der Waals surface area (Å²) in [6.45, 7) is 11.9. The third-order valence-corrected chi connectivity index (χ3v) is 8.51. The lowest BCUT2D eigenvalue weighted by molar-refractivity contribution is -0.139. The van der Waals surface area contributed by atoms with Crippen LogP contribution in [-0.2, 0) is 9.53 Å². The van der Waals surface area contributed by atoms with E-state index in [1.165, 1.54) is 116 Å². The van der Waals surface area contributed by atoms with E-state index in [-0.39, 0.29) is 5.97 Å². The summed E-state index contributed by atoms with van der Waals surface area (Å²) in [7, 11) is 0. The molecule has 0 radical (unpaired) electrons. The summed E-state index contributed by atoms with van der Waals surface area (Å²) in [6, 6.07) is 0.628. The van der Waals surface area contributed by atoms with E-state index in [0.29, 0.717) is 23.7 Å². The number of ether oxygens (including phenoxy) is 1. The van der Waals surface area contributed by atoms with Gasteiger partial charge >= 0.3 is 5.97 Å². The molecule has 0 bridgehead atoms. The van der Waals surface area contributed by atoms with Gasteiger partial charge < -0.3 is 4.74 Å². The maximum absolute atomic E-state index is 12.1. The Labute approximate surface area is 205 Å². The molecule has 32 heavy (non-hydrogen) atoms. The maximum atomic E-state index is 12.1. The number of nitrogens with zero attached hydrogens (tertiary/aromatic N) is 1. The lowest BCUT2D eigenvalue weighted by atomic mass is 9.93. The second kappa shape index (κ2) is 20.2. The summed E-state index contributed by atoms with van der Waals surface area (Å²) in [4.78, 5) is 14.9. The first-order valence-corrected chi connectivity index (χ1v) is 15.2. The molecule has 0 saturated carbocycles. The van der Waals surface area contributed by atoms with Crippen molar-refractivity contribution in [2.45, 2.75) is 142 Å². The van der Waals surface area contributed by atoms with Crippen molar-refractivity contribution in [2.24, 2.45) is 5.92 Å². The Morgan fingerprint density at radius 2 is 1.38 bits per heavy atom. The van der Waals surface area contributed by atoms with E-state index in [2.05, 4.69) is 25.7 Å². The molecule has 0 N–H and O–H groups in total. The Bertz CT molecular complexity index is 437. The van der Waals surface area contributed by atoms with Crippen molar-refractivity contribution in [3.05, 3.63) is 0 Å². The standard InChI is InChI=1S/C28H55NO2S/c1-5-8-10-12-14-16-18-26(29-22-20-25(4)21-23-29)27(32-24-28(30)31-7-3)19-17-15-13-11-9-6-2/h25-27H,5-24H2,1-4H3. The van der Waals surface area contributed by atoms with Gasteiger partial charge in [0.2, 0.25) is 0 Å². The number of likely N-dealkylation sites (tertiary alicyclic amines) is 1. The number of carbonyl (C=O) groups excluding carboxylic acids is 1. The molecule has 2 unspecified atom stereocenters. The second-order valence-electron chi connectivity index (χ2n) is 10.1. The first-order valence-electron chi connectivity index (χ1n) is 14.1. The van der Waals surface area contributed by atoms with Gasteiger partial charge in [0.25, 0.3) is 0 Å². The van der Waals surface area contributed by atoms with E-state index in [1.54, 1.807) is 0 Å². The molecule has 1 aliphatic rings. The van der Waals surface area contributed by atoms with Crippen molar-refractivity contribution in [3.63, 3.8) is 0 Å². The van der Waals surface area contributed by atoms with Crippen LogP contribution in [0.2, 0.25) is 0 Å². The fourth-order valence-corrected chi connectivity index (χ4v) is 6.29. The monoisotopic (exact) mass is 469 g/mol. The van der Waals surface area contributed by atoms with E-state index in [9.17, 15) is 4.79 Å². The largest absolute Gasteiger partial charge is 0.465 e. The van der Waals surface area contributed by atoms with E-state index >= 15 is 0 Å². The smallest absolute Gasteiger partial charge is 0.315 e. The molecule has 3 nitrogen and oxygen atoms in total. The molecule has 2 atom stereocenters. The molecular weight excluding hydrogens is 414 g/mol. The second-order valence-corrected chi connectivity index (χ2v) is 11.3. The van der Waals surface area contributed by atoms with E-state index in [4.69, 9.17) is 4.74 Å². The van der Waals surface area contributed by atoms with Gasteiger partial charge in [-0.2, -0.15) is 0 Å². The molecule has 0 aliphatic carbocycles. The van der Waals surface area contributed by atoms with E-state index in [0.717, 1.165) is 5.92 Å². The van der Waals surface area contributed by atoms with E-state index < -0.39 is 0 Å². The summed E-state index contributed by atoms with van der Waals surface area (Å²) in [5.41, 5.74) is 0. The first-order chi connectivity index (χ1) is 15.6. The van der Waals surface area contributed by atoms with Crippen LogP contribution >= 0.6 is 11.8 Å². The van der Waals surface area contributed by atoms with Crippen LogP contribution in [0.25, 0.3) is 0 Å². The van der Waals surface area contributed by atoms with Crippen LogP contribution in [0, 0.1) is 5.92 Å². The van der Waals surface area contributed by atoms with Crippen LogP contribution in [0.1, 0.15) is 130 Å². The first kappa shape index (κ1) is 29.8. The quantitative estimate of drug-likeness (QED) is 0.133. The Morgan fingerprint density at radius 1 is 0.844 bits per heavy atom. The minimum absolute atomic E-state index is 0.0315. The highest BCUT2D eigenvalue weighted by atomic mass is 32.2. The van der Waals surface area contributed by atoms with Gasteiger partial charge in [-0.25, -0.2) is 0 Å². The van der Waals surface area contributed by atoms with Crippen LogP contribution in [0.3, 0.4) is 0 Å². The van der Waals surface area contributed by atoms with Crippen LogP contribution < -0.4 is 0 Å². The van der Waals surface area contributed by atoms with Gasteiger partial charge in [-0.1, -0.05) is 97.8 Å². The minimum atomic E-state index is -0.0315. The molecule has 1 saturated heterocycles. The molecule has 1 rings (SSSR count). The van der Waals surface area contributed by atoms with Crippen molar-refractivity contribution in [1.29, 1.82) is 0 Å². The fraction of sp³-hybridized carbons (Fsp3) is 0.964. The van der Waals surface area contributed by atoms with Crippen molar-refractivity contribution in [3.8, 4) is 0 Å². The summed E-state index contributed by atoms with van der Waals surface area (Å²) in [5.74, 6) is 1.35. The molecule has 4 heteroatoms. The zero-order chi connectivity index (χ0) is 23.4. The normalized spacial score (nSPS) is 17.4. The predicted molar refractivity (Wildman–Crippen MR) is 143 cm³/mol. The SMILES string of the molecule is CCCCCCCCC(SCC(=O)OCC)C(CCCCCCCC)N1CCC(C)CC1. The van der Waals surface area contributed by atoms with Gasteiger partial charge in [-0.05, 0) is 51.6 Å². The molecule has 0 aromatic rings. The number of hydrogen-bond donors (Lipinski definition) is 0. The van der Waals surface area contributed by atoms with Crippen LogP contribution in [-0.4, -0.2) is 47.6 Å². The third-order valence-electron chi connectivity index (χ3n) is 7.13. The van der Waals surface area contributed by atoms with Gasteiger partial charge in [0.15, 0.2) is 0 Å². The highest BCUT2D eigenvalue weighted by molar-refractivity contribution is 8.00. The van der Waals surface area contributed by atoms with Gasteiger partial charge in [-0.15, -0.1) is 11.8 Å². The zero-order valence-electron chi connectivity index (χ0n) is 22.0. The number of hydrogen-bond acceptors (Lipinski definition) is 4. The van der Waals surface area contributed by atoms with Crippen LogP contribution in [0.4, 0.5) is 0 Å². The van der Waals surface area contributed by atoms with Gasteiger partial charge in [-0.3, -0.25) is 9.69 Å². The Balaban J connectivity index is 2.69. The van der Waals surface area contributed by atoms with Crippen LogP contribution in [0.5, 0.6) is 0 Å². The van der Waals surface area contributed by atoms with Crippen LogP contribution in [0.15, 0.2) is 0 Å². The number of rotatable bonds is 20. The molecule has 1 heterocycles. The fourth-order valence-electron chi connectivity index (χ4n) is 4.99. The summed E-state index contributed by atoms with van der Waals surface area (Å²) < 4.78 is 5.26. The molecule has 1 fully saturated rings. The Kier molecular flexibility index (Phi) is 18.8. The van der Waals surface area contributed by atoms with Gasteiger partial charge in [0, 0.05) is 11.3 Å². The number of thioether (sulfide) groups is 1. The highest BCUT2D eigenvalue weighted by Crippen LogP contribution is 2.31. The third kappa shape index (κ3) is 14.1. The van der Waals surface area contributed by atoms with Crippen molar-refractivity contribution in [2.75, 3.05) is 25.4 Å². The zero-order valence-corrected chi connectivity index (χ0v) is 22.9. The van der Waals surface area contributed by atoms with Gasteiger partial charge in [0.1, 0.15) is 0 Å². The summed E-state index contributed by atoms with van der Waals surface area (Å²) in [5, 5.41) is 0.564. The maximum Gasteiger partial charge on any atom is 0.315 e. The summed E-state index contributed by atoms with van der Waals surface area (Å²) >= 11 is 1.90. The number of carbonyl (C=O) groups is 1. The molecule has 0 spiro atoms. The molecular formula is C28H55NO2S. The topological polar surface area (TPSA) is 29.5 Å². The van der Waals surface area contributed by atoms with Crippen molar-refractivity contribution < 1.29 is 9.53 Å². The number of esters is 1. The molecule has 190 valence electrons. The Morgan fingerprint density at radius 3 is 1.94 bits per heavy atom. The Hall–Kier alpha value is -0.220. The minimum Gasteiger partial charge on any atom is -0.465 e. The highest BCUT2D eigenvalue weighted by Gasteiger charge is 2.30.